The number of nitrogens with one attached hydrogen (secondary N) is 2. The van der Waals surface area contributed by atoms with Gasteiger partial charge in [-0.1, -0.05) is 0 Å². The summed E-state index contributed by atoms with van der Waals surface area (Å²) in [5.74, 6) is 0.994. The van der Waals surface area contributed by atoms with Gasteiger partial charge in [-0.2, -0.15) is 5.10 Å². The van der Waals surface area contributed by atoms with Crippen LogP contribution in [-0.4, -0.2) is 21.5 Å². The average molecular weight is 453 g/mol. The molecule has 0 aliphatic heterocycles. The number of nitro benzene ring substituents is 2. The molecule has 1 aromatic carbocycles. The van der Waals surface area contributed by atoms with E-state index in [2.05, 4.69) is 15.8 Å². The van der Waals surface area contributed by atoms with Crippen molar-refractivity contribution in [3.63, 3.8) is 0 Å². The number of carbonyl (C=O) groups is 1. The van der Waals surface area contributed by atoms with Crippen LogP contribution in [0.5, 0.6) is 0 Å². The molecule has 1 aliphatic carbocycles. The molecule has 12 nitrogen and oxygen atoms in total. The highest BCUT2D eigenvalue weighted by atomic mass is 16.6. The van der Waals surface area contributed by atoms with E-state index in [9.17, 15) is 25.0 Å². The predicted molar refractivity (Wildman–Crippen MR) is 116 cm³/mol. The van der Waals surface area contributed by atoms with Crippen molar-refractivity contribution in [2.75, 3.05) is 5.43 Å². The monoisotopic (exact) mass is 453 g/mol. The second-order valence-corrected chi connectivity index (χ2v) is 7.36. The summed E-state index contributed by atoms with van der Waals surface area (Å²) in [5.41, 5.74) is 3.68. The Morgan fingerprint density at radius 3 is 2.70 bits per heavy atom. The predicted octanol–water partition coefficient (Wildman–Crippen LogP) is 4.08. The van der Waals surface area contributed by atoms with Crippen molar-refractivity contribution in [2.24, 2.45) is 5.10 Å². The summed E-state index contributed by atoms with van der Waals surface area (Å²) in [6, 6.07) is 6.74. The first kappa shape index (κ1) is 21.7. The van der Waals surface area contributed by atoms with Crippen molar-refractivity contribution >= 4 is 28.7 Å². The molecule has 2 aromatic heterocycles. The number of hydrogen-bond donors (Lipinski definition) is 2. The number of amides is 1. The summed E-state index contributed by atoms with van der Waals surface area (Å²) >= 11 is 0. The van der Waals surface area contributed by atoms with Gasteiger partial charge in [0.2, 0.25) is 0 Å². The maximum Gasteiger partial charge on any atom is 0.301 e. The first-order valence-electron chi connectivity index (χ1n) is 10.0. The second-order valence-electron chi connectivity index (χ2n) is 7.36. The fourth-order valence-corrected chi connectivity index (χ4v) is 3.66. The molecular formula is C21H19N5O7. The standard InChI is InChI=1S/C21H19N5O7/c1-12-19-16(24-23-15-8-7-13(25(28)29)10-17(15)26(30)31)5-2-6-18(19)33-20(12)21(27)22-11-14-4-3-9-32-14/h3-4,7-10,23H,2,5-6,11H2,1H3,(H,22,27)/b24-16+. The molecule has 1 aliphatic rings. The van der Waals surface area contributed by atoms with Crippen molar-refractivity contribution in [3.05, 3.63) is 85.2 Å². The van der Waals surface area contributed by atoms with Crippen LogP contribution in [0.3, 0.4) is 0 Å². The number of anilines is 1. The lowest BCUT2D eigenvalue weighted by molar-refractivity contribution is -0.393. The number of fused-ring (bicyclic) bond motifs is 1. The van der Waals surface area contributed by atoms with E-state index in [1.54, 1.807) is 19.1 Å². The van der Waals surface area contributed by atoms with Crippen LogP contribution < -0.4 is 10.7 Å². The van der Waals surface area contributed by atoms with Crippen LogP contribution >= 0.6 is 0 Å². The smallest absolute Gasteiger partial charge is 0.301 e. The summed E-state index contributed by atoms with van der Waals surface area (Å²) in [7, 11) is 0. The van der Waals surface area contributed by atoms with E-state index in [0.29, 0.717) is 41.2 Å². The quantitative estimate of drug-likeness (QED) is 0.399. The maximum absolute atomic E-state index is 12.6. The number of hydrazone groups is 1. The number of carbonyl (C=O) groups excluding carboxylic acids is 1. The molecule has 0 saturated carbocycles. The third kappa shape index (κ3) is 4.44. The summed E-state index contributed by atoms with van der Waals surface area (Å²) in [6.07, 6.45) is 3.42. The molecule has 0 bridgehead atoms. The first-order chi connectivity index (χ1) is 15.8. The lowest BCUT2D eigenvalue weighted by Crippen LogP contribution is -2.23. The lowest BCUT2D eigenvalue weighted by Gasteiger charge is -2.13. The maximum atomic E-state index is 12.6. The molecule has 0 unspecified atom stereocenters. The normalized spacial score (nSPS) is 14.0. The molecule has 170 valence electrons. The van der Waals surface area contributed by atoms with Crippen molar-refractivity contribution in [1.82, 2.24) is 5.32 Å². The Kier molecular flexibility index (Phi) is 5.89. The molecule has 2 N–H and O–H groups in total. The minimum Gasteiger partial charge on any atom is -0.467 e. The topological polar surface area (TPSA) is 166 Å². The molecule has 3 aromatic rings. The van der Waals surface area contributed by atoms with Crippen molar-refractivity contribution < 1.29 is 23.5 Å². The Hall–Kier alpha value is -4.48. The van der Waals surface area contributed by atoms with Gasteiger partial charge >= 0.3 is 5.69 Å². The van der Waals surface area contributed by atoms with Gasteiger partial charge in [-0.3, -0.25) is 30.4 Å². The van der Waals surface area contributed by atoms with Crippen LogP contribution in [0.15, 0.2) is 50.5 Å². The lowest BCUT2D eigenvalue weighted by atomic mass is 9.93. The Bertz CT molecular complexity index is 1260. The van der Waals surface area contributed by atoms with Crippen LogP contribution in [0.4, 0.5) is 17.1 Å². The van der Waals surface area contributed by atoms with E-state index in [1.807, 2.05) is 0 Å². The minimum atomic E-state index is -0.716. The van der Waals surface area contributed by atoms with Gasteiger partial charge in [0.15, 0.2) is 5.76 Å². The highest BCUT2D eigenvalue weighted by Gasteiger charge is 2.28. The van der Waals surface area contributed by atoms with E-state index in [1.165, 1.54) is 12.3 Å². The SMILES string of the molecule is Cc1c(C(=O)NCc2ccco2)oc2c1/C(=N/Nc1ccc([N+](=O)[O-])cc1[N+](=O)[O-])CCC2. The van der Waals surface area contributed by atoms with Crippen LogP contribution in [0.1, 0.15) is 46.0 Å². The van der Waals surface area contributed by atoms with E-state index >= 15 is 0 Å². The van der Waals surface area contributed by atoms with Gasteiger partial charge in [-0.15, -0.1) is 0 Å². The molecule has 0 fully saturated rings. The molecule has 0 radical (unpaired) electrons. The van der Waals surface area contributed by atoms with Gasteiger partial charge in [0.25, 0.3) is 11.6 Å². The van der Waals surface area contributed by atoms with Crippen molar-refractivity contribution in [1.29, 1.82) is 0 Å². The fourth-order valence-electron chi connectivity index (χ4n) is 3.66. The molecule has 1 amide bonds. The van der Waals surface area contributed by atoms with Crippen LogP contribution in [0.25, 0.3) is 0 Å². The highest BCUT2D eigenvalue weighted by molar-refractivity contribution is 6.06. The Morgan fingerprint density at radius 1 is 1.18 bits per heavy atom. The summed E-state index contributed by atoms with van der Waals surface area (Å²) in [4.78, 5) is 33.5. The number of rotatable bonds is 7. The van der Waals surface area contributed by atoms with Gasteiger partial charge in [0, 0.05) is 23.6 Å². The van der Waals surface area contributed by atoms with Gasteiger partial charge in [-0.25, -0.2) is 0 Å². The zero-order valence-corrected chi connectivity index (χ0v) is 17.5. The molecule has 33 heavy (non-hydrogen) atoms. The van der Waals surface area contributed by atoms with E-state index in [-0.39, 0.29) is 18.0 Å². The number of benzene rings is 1. The zero-order valence-electron chi connectivity index (χ0n) is 17.5. The first-order valence-corrected chi connectivity index (χ1v) is 10.0. The fraction of sp³-hybridized carbons (Fsp3) is 0.238. The second kappa shape index (κ2) is 8.94. The molecule has 2 heterocycles. The summed E-state index contributed by atoms with van der Waals surface area (Å²) < 4.78 is 11.0. The number of nitrogens with zero attached hydrogens (tertiary/aromatic N) is 3. The number of nitro groups is 2. The number of furan rings is 2. The van der Waals surface area contributed by atoms with Gasteiger partial charge in [-0.05, 0) is 38.0 Å². The van der Waals surface area contributed by atoms with Crippen LogP contribution in [0, 0.1) is 27.2 Å². The summed E-state index contributed by atoms with van der Waals surface area (Å²) in [6.45, 7) is 1.96. The third-order valence-electron chi connectivity index (χ3n) is 5.24. The third-order valence-corrected chi connectivity index (χ3v) is 5.24. The Labute approximate surface area is 186 Å². The molecule has 12 heteroatoms. The van der Waals surface area contributed by atoms with E-state index < -0.39 is 27.1 Å². The van der Waals surface area contributed by atoms with E-state index in [0.717, 1.165) is 18.6 Å². The van der Waals surface area contributed by atoms with Gasteiger partial charge in [0.05, 0.1) is 34.4 Å². The average Bonchev–Trinajstić information content (AvgIpc) is 3.44. The molecule has 0 atom stereocenters. The summed E-state index contributed by atoms with van der Waals surface area (Å²) in [5, 5.41) is 29.3. The number of aryl methyl sites for hydroxylation is 1. The molecular weight excluding hydrogens is 434 g/mol. The molecule has 0 saturated heterocycles. The van der Waals surface area contributed by atoms with Crippen molar-refractivity contribution in [3.8, 4) is 0 Å². The van der Waals surface area contributed by atoms with E-state index in [4.69, 9.17) is 8.83 Å². The highest BCUT2D eigenvalue weighted by Crippen LogP contribution is 2.32. The Balaban J connectivity index is 1.59. The number of non-ortho nitro benzene ring substituents is 1. The zero-order chi connectivity index (χ0) is 23.5. The molecule has 0 spiro atoms. The van der Waals surface area contributed by atoms with Crippen LogP contribution in [0.2, 0.25) is 0 Å². The van der Waals surface area contributed by atoms with Crippen LogP contribution in [-0.2, 0) is 13.0 Å². The minimum absolute atomic E-state index is 0.0165. The largest absolute Gasteiger partial charge is 0.467 e. The molecule has 4 rings (SSSR count). The van der Waals surface area contributed by atoms with Gasteiger partial charge < -0.3 is 14.2 Å². The Morgan fingerprint density at radius 2 is 2.00 bits per heavy atom. The van der Waals surface area contributed by atoms with Gasteiger partial charge in [0.1, 0.15) is 17.2 Å². The van der Waals surface area contributed by atoms with Crippen molar-refractivity contribution in [2.45, 2.75) is 32.7 Å². The number of hydrogen-bond acceptors (Lipinski definition) is 9.